The molecule has 0 fully saturated rings. The molecule has 1 aliphatic heterocycles. The molecule has 0 saturated carbocycles. The number of pyridine rings is 1. The number of aryl methyl sites for hydroxylation is 1. The second-order valence-corrected chi connectivity index (χ2v) is 9.35. The summed E-state index contributed by atoms with van der Waals surface area (Å²) < 4.78 is 21.5. The quantitative estimate of drug-likeness (QED) is 0.379. The highest BCUT2D eigenvalue weighted by molar-refractivity contribution is 5.87. The lowest BCUT2D eigenvalue weighted by Crippen LogP contribution is -2.26. The first-order valence-corrected chi connectivity index (χ1v) is 11.9. The Morgan fingerprint density at radius 2 is 2.11 bits per heavy atom. The Morgan fingerprint density at radius 3 is 2.89 bits per heavy atom. The van der Waals surface area contributed by atoms with Crippen molar-refractivity contribution in [2.75, 3.05) is 24.3 Å². The van der Waals surface area contributed by atoms with Gasteiger partial charge in [-0.15, -0.1) is 0 Å². The molecule has 3 aromatic heterocycles. The van der Waals surface area contributed by atoms with Crippen molar-refractivity contribution < 1.29 is 13.9 Å². The van der Waals surface area contributed by atoms with E-state index in [-0.39, 0.29) is 29.4 Å². The summed E-state index contributed by atoms with van der Waals surface area (Å²) >= 11 is 0. The molecule has 1 atom stereocenters. The van der Waals surface area contributed by atoms with Gasteiger partial charge in [-0.1, -0.05) is 26.0 Å². The zero-order valence-corrected chi connectivity index (χ0v) is 20.7. The number of methoxy groups -OCH3 is 1. The molecule has 1 aliphatic rings. The molecule has 4 heterocycles. The van der Waals surface area contributed by atoms with Gasteiger partial charge in [-0.2, -0.15) is 5.10 Å². The fourth-order valence-electron chi connectivity index (χ4n) is 4.76. The molecule has 186 valence electrons. The minimum absolute atomic E-state index is 0.155. The molecule has 5 rings (SSSR count). The highest BCUT2D eigenvalue weighted by Gasteiger charge is 2.22. The van der Waals surface area contributed by atoms with Crippen molar-refractivity contribution in [3.05, 3.63) is 53.6 Å². The molecule has 0 radical (unpaired) electrons. The Morgan fingerprint density at radius 1 is 1.28 bits per heavy atom. The number of benzene rings is 1. The van der Waals surface area contributed by atoms with Crippen molar-refractivity contribution in [2.45, 2.75) is 32.6 Å². The summed E-state index contributed by atoms with van der Waals surface area (Å²) in [7, 11) is 3.32. The maximum absolute atomic E-state index is 14.8. The number of hydrogen-bond donors (Lipinski definition) is 2. The number of halogens is 1. The summed E-state index contributed by atoms with van der Waals surface area (Å²) in [5.41, 5.74) is 3.82. The zero-order chi connectivity index (χ0) is 25.4. The van der Waals surface area contributed by atoms with Gasteiger partial charge < -0.3 is 15.4 Å². The van der Waals surface area contributed by atoms with Gasteiger partial charge >= 0.3 is 5.97 Å². The Hall–Kier alpha value is -4.08. The van der Waals surface area contributed by atoms with E-state index in [2.05, 4.69) is 44.5 Å². The Labute approximate surface area is 208 Å². The Bertz CT molecular complexity index is 1450. The smallest absolute Gasteiger partial charge is 0.305 e. The number of esters is 1. The fraction of sp³-hybridized carbons (Fsp3) is 0.346. The van der Waals surface area contributed by atoms with Crippen LogP contribution in [0.15, 0.2) is 36.5 Å². The molecule has 1 aromatic carbocycles. The van der Waals surface area contributed by atoms with Gasteiger partial charge in [0.05, 0.1) is 25.2 Å². The van der Waals surface area contributed by atoms with Crippen LogP contribution in [0.3, 0.4) is 0 Å². The third-order valence-corrected chi connectivity index (χ3v) is 6.41. The zero-order valence-electron chi connectivity index (χ0n) is 20.7. The first-order valence-electron chi connectivity index (χ1n) is 11.9. The Balaban J connectivity index is 1.39. The van der Waals surface area contributed by atoms with Crippen molar-refractivity contribution in [3.63, 3.8) is 0 Å². The van der Waals surface area contributed by atoms with Gasteiger partial charge in [0, 0.05) is 30.2 Å². The first-order chi connectivity index (χ1) is 17.3. The highest BCUT2D eigenvalue weighted by atomic mass is 19.1. The largest absolute Gasteiger partial charge is 0.469 e. The molecular formula is C26H28FN7O2. The predicted molar refractivity (Wildman–Crippen MR) is 136 cm³/mol. The number of hydrogen-bond acceptors (Lipinski definition) is 8. The molecule has 1 unspecified atom stereocenters. The van der Waals surface area contributed by atoms with Gasteiger partial charge in [-0.25, -0.2) is 19.3 Å². The number of rotatable bonds is 6. The molecule has 0 saturated heterocycles. The minimum Gasteiger partial charge on any atom is -0.469 e. The number of carbonyl (C=O) groups excluding carboxylic acids is 1. The van der Waals surface area contributed by atoms with E-state index in [9.17, 15) is 9.18 Å². The van der Waals surface area contributed by atoms with E-state index >= 15 is 0 Å². The maximum atomic E-state index is 14.8. The van der Waals surface area contributed by atoms with Crippen LogP contribution in [0.25, 0.3) is 22.2 Å². The maximum Gasteiger partial charge on any atom is 0.305 e. The van der Waals surface area contributed by atoms with Crippen molar-refractivity contribution in [1.29, 1.82) is 0 Å². The van der Waals surface area contributed by atoms with Gasteiger partial charge in [0.15, 0.2) is 5.82 Å². The minimum atomic E-state index is -0.508. The van der Waals surface area contributed by atoms with E-state index < -0.39 is 5.82 Å². The van der Waals surface area contributed by atoms with E-state index in [1.165, 1.54) is 7.11 Å². The molecule has 36 heavy (non-hydrogen) atoms. The summed E-state index contributed by atoms with van der Waals surface area (Å²) in [5.74, 6) is 1.22. The SMILES string of the molecule is COC(=O)CC1CNc2nc(Nc3ncc(F)c(-c4ccc5nn(C)c(C(C)C)c5c4)n3)ccc2C1. The molecule has 10 heteroatoms. The fourth-order valence-corrected chi connectivity index (χ4v) is 4.76. The summed E-state index contributed by atoms with van der Waals surface area (Å²) in [6, 6.07) is 9.41. The van der Waals surface area contributed by atoms with Crippen LogP contribution < -0.4 is 10.6 Å². The van der Waals surface area contributed by atoms with E-state index in [1.54, 1.807) is 0 Å². The van der Waals surface area contributed by atoms with E-state index in [0.717, 1.165) is 40.6 Å². The van der Waals surface area contributed by atoms with Crippen molar-refractivity contribution >= 4 is 34.5 Å². The van der Waals surface area contributed by atoms with Crippen molar-refractivity contribution in [3.8, 4) is 11.3 Å². The van der Waals surface area contributed by atoms with Crippen LogP contribution in [-0.2, 0) is 23.0 Å². The van der Waals surface area contributed by atoms with E-state index in [4.69, 9.17) is 4.74 Å². The third-order valence-electron chi connectivity index (χ3n) is 6.41. The van der Waals surface area contributed by atoms with E-state index in [1.807, 2.05) is 42.1 Å². The molecule has 4 aromatic rings. The predicted octanol–water partition coefficient (Wildman–Crippen LogP) is 4.58. The van der Waals surface area contributed by atoms with Gasteiger partial charge in [0.25, 0.3) is 0 Å². The lowest BCUT2D eigenvalue weighted by Gasteiger charge is -2.25. The number of nitrogens with one attached hydrogen (secondary N) is 2. The van der Waals surface area contributed by atoms with Crippen LogP contribution in [0, 0.1) is 11.7 Å². The molecule has 0 spiro atoms. The van der Waals surface area contributed by atoms with Crippen LogP contribution >= 0.6 is 0 Å². The molecular weight excluding hydrogens is 461 g/mol. The van der Waals surface area contributed by atoms with Gasteiger partial charge in [-0.05, 0) is 42.0 Å². The lowest BCUT2D eigenvalue weighted by molar-refractivity contribution is -0.141. The van der Waals surface area contributed by atoms with Crippen LogP contribution in [0.1, 0.15) is 37.4 Å². The average Bonchev–Trinajstić information content (AvgIpc) is 3.20. The van der Waals surface area contributed by atoms with Gasteiger partial charge in [0.1, 0.15) is 17.3 Å². The van der Waals surface area contributed by atoms with Gasteiger partial charge in [-0.3, -0.25) is 9.48 Å². The monoisotopic (exact) mass is 489 g/mol. The highest BCUT2D eigenvalue weighted by Crippen LogP contribution is 2.31. The second-order valence-electron chi connectivity index (χ2n) is 9.35. The van der Waals surface area contributed by atoms with Crippen molar-refractivity contribution in [1.82, 2.24) is 24.7 Å². The Kier molecular flexibility index (Phi) is 6.26. The standard InChI is InChI=1S/C26H28FN7O2/c1-14(2)24-18-11-16(5-7-20(18)33-34(24)3)23-19(27)13-29-26(32-23)31-21-8-6-17-9-15(10-22(35)36-4)12-28-25(17)30-21/h5-8,11,13-15H,9-10,12H2,1-4H3,(H2,28,29,30,31,32). The lowest BCUT2D eigenvalue weighted by atomic mass is 9.93. The van der Waals surface area contributed by atoms with Crippen LogP contribution in [0.5, 0.6) is 0 Å². The molecule has 0 bridgehead atoms. The molecule has 0 amide bonds. The number of ether oxygens (including phenoxy) is 1. The number of aromatic nitrogens is 5. The molecule has 2 N–H and O–H groups in total. The third kappa shape index (κ3) is 4.58. The first kappa shape index (κ1) is 23.7. The summed E-state index contributed by atoms with van der Waals surface area (Å²) in [6.45, 7) is 4.84. The summed E-state index contributed by atoms with van der Waals surface area (Å²) in [6.07, 6.45) is 2.26. The normalized spacial score (nSPS) is 15.0. The number of fused-ring (bicyclic) bond motifs is 2. The van der Waals surface area contributed by atoms with Crippen LogP contribution in [-0.4, -0.2) is 44.4 Å². The number of nitrogens with zero attached hydrogens (tertiary/aromatic N) is 5. The number of carbonyl (C=O) groups is 1. The molecule has 0 aliphatic carbocycles. The van der Waals surface area contributed by atoms with Crippen molar-refractivity contribution in [2.24, 2.45) is 13.0 Å². The summed E-state index contributed by atoms with van der Waals surface area (Å²) in [5, 5.41) is 11.9. The van der Waals surface area contributed by atoms with E-state index in [0.29, 0.717) is 24.3 Å². The number of anilines is 3. The van der Waals surface area contributed by atoms with Crippen LogP contribution in [0.2, 0.25) is 0 Å². The average molecular weight is 490 g/mol. The second kappa shape index (κ2) is 9.52. The summed E-state index contributed by atoms with van der Waals surface area (Å²) in [4.78, 5) is 24.8. The van der Waals surface area contributed by atoms with Crippen LogP contribution in [0.4, 0.5) is 22.0 Å². The molecule has 9 nitrogen and oxygen atoms in total. The topological polar surface area (TPSA) is 107 Å². The van der Waals surface area contributed by atoms with Gasteiger partial charge in [0.2, 0.25) is 5.95 Å².